The smallest absolute Gasteiger partial charge is 0.310 e. The number of carboxylic acid groups (broad SMARTS) is 1. The van der Waals surface area contributed by atoms with E-state index >= 15 is 0 Å². The first kappa shape index (κ1) is 27.9. The Morgan fingerprint density at radius 1 is 1.11 bits per heavy atom. The molecular weight excluding hydrogens is 482 g/mol. The van der Waals surface area contributed by atoms with Gasteiger partial charge in [-0.3, -0.25) is 14.2 Å². The number of carbonyl (C=O) groups is 1. The van der Waals surface area contributed by atoms with Crippen molar-refractivity contribution in [2.45, 2.75) is 85.5 Å². The molecule has 3 aromatic heterocycles. The van der Waals surface area contributed by atoms with Crippen molar-refractivity contribution in [3.8, 4) is 0 Å². The van der Waals surface area contributed by atoms with E-state index in [9.17, 15) is 18.7 Å². The summed E-state index contributed by atoms with van der Waals surface area (Å²) in [5, 5.41) is 17.8. The number of hydrogen-bond donors (Lipinski definition) is 1. The molecule has 36 heavy (non-hydrogen) atoms. The summed E-state index contributed by atoms with van der Waals surface area (Å²) in [5.74, 6) is -2.12. The fourth-order valence-corrected chi connectivity index (χ4v) is 4.91. The van der Waals surface area contributed by atoms with E-state index in [0.29, 0.717) is 23.4 Å². The molecule has 0 aromatic carbocycles. The molecule has 0 spiro atoms. The lowest BCUT2D eigenvalue weighted by Gasteiger charge is -2.36. The Balaban J connectivity index is 2.14. The second kappa shape index (κ2) is 9.62. The van der Waals surface area contributed by atoms with Crippen LogP contribution in [-0.2, 0) is 15.8 Å². The van der Waals surface area contributed by atoms with Gasteiger partial charge >= 0.3 is 5.97 Å². The largest absolute Gasteiger partial charge is 0.481 e. The van der Waals surface area contributed by atoms with Crippen LogP contribution in [0.3, 0.4) is 0 Å². The van der Waals surface area contributed by atoms with Crippen molar-refractivity contribution in [1.82, 2.24) is 19.6 Å². The van der Waals surface area contributed by atoms with Crippen molar-refractivity contribution in [3.05, 3.63) is 58.3 Å². The summed E-state index contributed by atoms with van der Waals surface area (Å²) in [6, 6.07) is 5.43. The van der Waals surface area contributed by atoms with Crippen LogP contribution in [0.4, 0.5) is 8.78 Å². The van der Waals surface area contributed by atoms with Gasteiger partial charge in [0.2, 0.25) is 5.82 Å². The molecule has 3 rings (SSSR count). The molecule has 196 valence electrons. The number of halogens is 2. The average Bonchev–Trinajstić information content (AvgIpc) is 3.20. The van der Waals surface area contributed by atoms with Gasteiger partial charge in [-0.1, -0.05) is 26.8 Å². The van der Waals surface area contributed by atoms with Gasteiger partial charge in [0.15, 0.2) is 14.0 Å². The number of rotatable bonds is 8. The van der Waals surface area contributed by atoms with Gasteiger partial charge in [-0.15, -0.1) is 10.2 Å². The average molecular weight is 519 g/mol. The predicted octanol–water partition coefficient (Wildman–Crippen LogP) is 6.44. The molecule has 1 N–H and O–H groups in total. The van der Waals surface area contributed by atoms with Crippen molar-refractivity contribution in [1.29, 1.82) is 0 Å². The molecule has 3 aromatic rings. The Hall–Kier alpha value is -2.72. The van der Waals surface area contributed by atoms with Crippen molar-refractivity contribution >= 4 is 19.9 Å². The number of aliphatic carboxylic acids is 1. The first-order chi connectivity index (χ1) is 16.5. The van der Waals surface area contributed by atoms with E-state index in [0.717, 1.165) is 11.3 Å². The van der Waals surface area contributed by atoms with E-state index in [-0.39, 0.29) is 10.7 Å². The summed E-state index contributed by atoms with van der Waals surface area (Å²) in [5.41, 5.74) is 2.52. The van der Waals surface area contributed by atoms with Crippen LogP contribution in [-0.4, -0.2) is 39.0 Å². The highest BCUT2D eigenvalue weighted by Gasteiger charge is 2.42. The summed E-state index contributed by atoms with van der Waals surface area (Å²) in [6.07, 6.45) is -1.31. The monoisotopic (exact) mass is 518 g/mol. The molecular formula is C26H36F2N4O3Si. The zero-order valence-electron chi connectivity index (χ0n) is 22.5. The topological polar surface area (TPSA) is 89.6 Å². The fourth-order valence-electron chi connectivity index (χ4n) is 3.98. The molecule has 0 aliphatic heterocycles. The quantitative estimate of drug-likeness (QED) is 0.345. The molecule has 0 saturated heterocycles. The van der Waals surface area contributed by atoms with Gasteiger partial charge in [0.25, 0.3) is 6.43 Å². The highest BCUT2D eigenvalue weighted by Crippen LogP contribution is 2.43. The van der Waals surface area contributed by atoms with Crippen LogP contribution in [0, 0.1) is 19.3 Å². The van der Waals surface area contributed by atoms with E-state index in [1.165, 1.54) is 10.6 Å². The summed E-state index contributed by atoms with van der Waals surface area (Å²) >= 11 is 0. The molecule has 1 unspecified atom stereocenters. The molecule has 3 heterocycles. The molecule has 0 aliphatic rings. The Labute approximate surface area is 212 Å². The minimum atomic E-state index is -2.78. The standard InChI is InChI=1S/C26H36F2N4O3Si/c1-15-10-11-18(29-19(15)14-35-36(8,9)25(3,4)5)20(26(6,7)24(33)34)17-12-13-32-22(16(17)2)30-31-23(32)21(27)28/h10-13,20-21H,14H2,1-9H3,(H,33,34). The van der Waals surface area contributed by atoms with Crippen LogP contribution in [0.2, 0.25) is 18.1 Å². The minimum absolute atomic E-state index is 0.0359. The molecule has 0 radical (unpaired) electrons. The molecule has 0 saturated carbocycles. The van der Waals surface area contributed by atoms with Gasteiger partial charge in [0, 0.05) is 17.8 Å². The van der Waals surface area contributed by atoms with Crippen molar-refractivity contribution in [2.75, 3.05) is 0 Å². The summed E-state index contributed by atoms with van der Waals surface area (Å²) < 4.78 is 34.4. The maximum atomic E-state index is 13.4. The van der Waals surface area contributed by atoms with Gasteiger partial charge in [0.05, 0.1) is 17.7 Å². The molecule has 0 amide bonds. The van der Waals surface area contributed by atoms with Crippen molar-refractivity contribution in [2.24, 2.45) is 5.41 Å². The van der Waals surface area contributed by atoms with Gasteiger partial charge in [-0.25, -0.2) is 8.78 Å². The lowest BCUT2D eigenvalue weighted by atomic mass is 9.72. The fraction of sp³-hybridized carbons (Fsp3) is 0.538. The third kappa shape index (κ3) is 5.06. The molecule has 10 heteroatoms. The van der Waals surface area contributed by atoms with E-state index in [4.69, 9.17) is 9.41 Å². The number of aromatic nitrogens is 4. The second-order valence-corrected chi connectivity index (χ2v) is 16.3. The van der Waals surface area contributed by atoms with Crippen LogP contribution in [0.1, 0.15) is 80.9 Å². The minimum Gasteiger partial charge on any atom is -0.481 e. The van der Waals surface area contributed by atoms with Crippen LogP contribution in [0.5, 0.6) is 0 Å². The van der Waals surface area contributed by atoms with Gasteiger partial charge in [-0.2, -0.15) is 0 Å². The molecule has 0 bridgehead atoms. The van der Waals surface area contributed by atoms with E-state index in [1.54, 1.807) is 26.8 Å². The number of aryl methyl sites for hydroxylation is 2. The third-order valence-electron chi connectivity index (χ3n) is 7.57. The number of carboxylic acids is 1. The SMILES string of the molecule is Cc1ccc(C(c2ccn3c(C(F)F)nnc3c2C)C(C)(C)C(=O)O)nc1CO[Si](C)(C)C(C)(C)C. The first-order valence-corrected chi connectivity index (χ1v) is 14.9. The maximum absolute atomic E-state index is 13.4. The Morgan fingerprint density at radius 3 is 2.31 bits per heavy atom. The van der Waals surface area contributed by atoms with E-state index < -0.39 is 37.9 Å². The van der Waals surface area contributed by atoms with Crippen LogP contribution in [0.25, 0.3) is 5.65 Å². The highest BCUT2D eigenvalue weighted by atomic mass is 28.4. The van der Waals surface area contributed by atoms with Crippen molar-refractivity contribution in [3.63, 3.8) is 0 Å². The third-order valence-corrected chi connectivity index (χ3v) is 12.0. The molecule has 0 fully saturated rings. The van der Waals surface area contributed by atoms with Gasteiger partial charge in [-0.05, 0) is 74.7 Å². The van der Waals surface area contributed by atoms with E-state index in [2.05, 4.69) is 44.1 Å². The molecule has 0 aliphatic carbocycles. The summed E-state index contributed by atoms with van der Waals surface area (Å²) in [4.78, 5) is 17.3. The summed E-state index contributed by atoms with van der Waals surface area (Å²) in [6.45, 7) is 18.2. The second-order valence-electron chi connectivity index (χ2n) is 11.5. The molecule has 1 atom stereocenters. The highest BCUT2D eigenvalue weighted by molar-refractivity contribution is 6.74. The summed E-state index contributed by atoms with van der Waals surface area (Å²) in [7, 11) is -2.03. The Kier molecular flexibility index (Phi) is 7.45. The van der Waals surface area contributed by atoms with Crippen molar-refractivity contribution < 1.29 is 23.1 Å². The lowest BCUT2D eigenvalue weighted by molar-refractivity contribution is -0.147. The Bertz CT molecular complexity index is 1280. The zero-order valence-corrected chi connectivity index (χ0v) is 23.5. The van der Waals surface area contributed by atoms with Crippen LogP contribution >= 0.6 is 0 Å². The van der Waals surface area contributed by atoms with E-state index in [1.807, 2.05) is 19.1 Å². The van der Waals surface area contributed by atoms with Crippen LogP contribution in [0.15, 0.2) is 24.4 Å². The van der Waals surface area contributed by atoms with Crippen LogP contribution < -0.4 is 0 Å². The van der Waals surface area contributed by atoms with Gasteiger partial charge < -0.3 is 9.53 Å². The maximum Gasteiger partial charge on any atom is 0.310 e. The number of hydrogen-bond acceptors (Lipinski definition) is 5. The number of alkyl halides is 2. The number of nitrogens with zero attached hydrogens (tertiary/aromatic N) is 4. The molecule has 7 nitrogen and oxygen atoms in total. The predicted molar refractivity (Wildman–Crippen MR) is 137 cm³/mol. The Morgan fingerprint density at radius 2 is 1.75 bits per heavy atom. The normalized spacial score (nSPS) is 14.0. The lowest BCUT2D eigenvalue weighted by Crippen LogP contribution is -2.40. The number of fused-ring (bicyclic) bond motifs is 1. The first-order valence-electron chi connectivity index (χ1n) is 11.9. The van der Waals surface area contributed by atoms with Gasteiger partial charge in [0.1, 0.15) is 0 Å². The zero-order chi connectivity index (χ0) is 27.2. The number of pyridine rings is 2.